The van der Waals surface area contributed by atoms with E-state index in [0.717, 1.165) is 0 Å². The van der Waals surface area contributed by atoms with Gasteiger partial charge in [-0.1, -0.05) is 91.0 Å². The fraction of sp³-hybridized carbons (Fsp3) is 0. The molecule has 0 unspecified atom stereocenters. The molecule has 6 aromatic carbocycles. The third-order valence-corrected chi connectivity index (χ3v) is 10.3. The largest absolute Gasteiger partial charge is 0.308 e. The number of fused-ring (bicyclic) bond motifs is 10. The Morgan fingerprint density at radius 2 is 1.28 bits per heavy atom. The minimum atomic E-state index is 1.20. The minimum absolute atomic E-state index is 1.20. The molecular formula is C36H21NS2. The third-order valence-electron chi connectivity index (χ3n) is 7.99. The molecule has 0 fully saturated rings. The molecule has 9 aromatic rings. The molecule has 0 amide bonds. The number of rotatable bonds is 2. The molecular weight excluding hydrogens is 511 g/mol. The first kappa shape index (κ1) is 21.5. The molecule has 0 spiro atoms. The van der Waals surface area contributed by atoms with Gasteiger partial charge in [-0.2, -0.15) is 0 Å². The Bertz CT molecular complexity index is 2390. The first-order chi connectivity index (χ1) is 19.3. The molecule has 0 bridgehead atoms. The van der Waals surface area contributed by atoms with E-state index >= 15 is 0 Å². The van der Waals surface area contributed by atoms with Gasteiger partial charge >= 0.3 is 0 Å². The number of aromatic nitrogens is 1. The van der Waals surface area contributed by atoms with E-state index in [0.29, 0.717) is 0 Å². The lowest BCUT2D eigenvalue weighted by Gasteiger charge is -2.10. The van der Waals surface area contributed by atoms with Gasteiger partial charge in [0, 0.05) is 41.3 Å². The fourth-order valence-corrected chi connectivity index (χ4v) is 8.72. The summed E-state index contributed by atoms with van der Waals surface area (Å²) in [4.78, 5) is 0. The van der Waals surface area contributed by atoms with Crippen molar-refractivity contribution in [2.75, 3.05) is 0 Å². The van der Waals surface area contributed by atoms with E-state index in [1.165, 1.54) is 79.0 Å². The highest BCUT2D eigenvalue weighted by Crippen LogP contribution is 2.47. The summed E-state index contributed by atoms with van der Waals surface area (Å²) in [7, 11) is 0. The lowest BCUT2D eigenvalue weighted by molar-refractivity contribution is 1.19. The Morgan fingerprint density at radius 1 is 0.487 bits per heavy atom. The molecule has 3 heteroatoms. The molecule has 0 aliphatic rings. The predicted molar refractivity (Wildman–Crippen MR) is 172 cm³/mol. The maximum absolute atomic E-state index is 2.46. The van der Waals surface area contributed by atoms with Crippen molar-refractivity contribution in [3.05, 3.63) is 127 Å². The van der Waals surface area contributed by atoms with E-state index in [2.05, 4.69) is 132 Å². The number of para-hydroxylation sites is 2. The van der Waals surface area contributed by atoms with Crippen LogP contribution in [0.1, 0.15) is 0 Å². The average molecular weight is 532 g/mol. The second-order valence-electron chi connectivity index (χ2n) is 10.1. The van der Waals surface area contributed by atoms with Gasteiger partial charge in [-0.15, -0.1) is 22.7 Å². The Hall–Kier alpha value is -4.44. The molecule has 9 rings (SSSR count). The van der Waals surface area contributed by atoms with Crippen LogP contribution < -0.4 is 0 Å². The van der Waals surface area contributed by atoms with Crippen LogP contribution in [0.3, 0.4) is 0 Å². The quantitative estimate of drug-likeness (QED) is 0.209. The zero-order valence-corrected chi connectivity index (χ0v) is 22.5. The maximum Gasteiger partial charge on any atom is 0.0734 e. The highest BCUT2D eigenvalue weighted by Gasteiger charge is 2.20. The topological polar surface area (TPSA) is 4.93 Å². The lowest BCUT2D eigenvalue weighted by Crippen LogP contribution is -1.93. The molecule has 0 aliphatic heterocycles. The molecule has 3 aromatic heterocycles. The summed E-state index contributed by atoms with van der Waals surface area (Å²) in [6.45, 7) is 0. The molecule has 39 heavy (non-hydrogen) atoms. The summed E-state index contributed by atoms with van der Waals surface area (Å²) in [6.07, 6.45) is 0. The monoisotopic (exact) mass is 531 g/mol. The summed E-state index contributed by atoms with van der Waals surface area (Å²) in [5.41, 5.74) is 6.33. The normalized spacial score (nSPS) is 12.1. The molecule has 0 atom stereocenters. The molecule has 0 saturated carbocycles. The molecule has 0 aliphatic carbocycles. The molecule has 1 nitrogen and oxygen atoms in total. The van der Waals surface area contributed by atoms with Gasteiger partial charge in [0.2, 0.25) is 0 Å². The van der Waals surface area contributed by atoms with E-state index < -0.39 is 0 Å². The highest BCUT2D eigenvalue weighted by molar-refractivity contribution is 7.27. The first-order valence-corrected chi connectivity index (χ1v) is 14.8. The van der Waals surface area contributed by atoms with Crippen molar-refractivity contribution in [3.63, 3.8) is 0 Å². The van der Waals surface area contributed by atoms with Gasteiger partial charge in [-0.25, -0.2) is 0 Å². The minimum Gasteiger partial charge on any atom is -0.308 e. The van der Waals surface area contributed by atoms with Gasteiger partial charge in [0.15, 0.2) is 0 Å². The van der Waals surface area contributed by atoms with Gasteiger partial charge in [0.25, 0.3) is 0 Å². The zero-order chi connectivity index (χ0) is 25.5. The zero-order valence-electron chi connectivity index (χ0n) is 20.9. The van der Waals surface area contributed by atoms with Gasteiger partial charge in [-0.05, 0) is 58.3 Å². The third kappa shape index (κ3) is 3.00. The first-order valence-electron chi connectivity index (χ1n) is 13.2. The van der Waals surface area contributed by atoms with Crippen LogP contribution in [0.5, 0.6) is 0 Å². The summed E-state index contributed by atoms with van der Waals surface area (Å²) >= 11 is 3.80. The number of thiophene rings is 2. The highest BCUT2D eigenvalue weighted by atomic mass is 32.1. The second kappa shape index (κ2) is 8.03. The molecule has 3 heterocycles. The summed E-state index contributed by atoms with van der Waals surface area (Å²) < 4.78 is 7.82. The van der Waals surface area contributed by atoms with Crippen LogP contribution in [0.25, 0.3) is 79.0 Å². The van der Waals surface area contributed by atoms with Crippen molar-refractivity contribution < 1.29 is 0 Å². The molecule has 182 valence electrons. The van der Waals surface area contributed by atoms with Gasteiger partial charge in [0.1, 0.15) is 0 Å². The number of benzene rings is 6. The van der Waals surface area contributed by atoms with Crippen molar-refractivity contribution in [1.29, 1.82) is 0 Å². The summed E-state index contributed by atoms with van der Waals surface area (Å²) in [5, 5.41) is 8.01. The van der Waals surface area contributed by atoms with Crippen LogP contribution in [0.2, 0.25) is 0 Å². The Kier molecular flexibility index (Phi) is 4.43. The summed E-state index contributed by atoms with van der Waals surface area (Å²) in [6, 6.07) is 46.7. The van der Waals surface area contributed by atoms with E-state index in [-0.39, 0.29) is 0 Å². The van der Waals surface area contributed by atoms with E-state index in [1.54, 1.807) is 0 Å². The average Bonchev–Trinajstić information content (AvgIpc) is 3.66. The molecule has 0 saturated heterocycles. The standard InChI is InChI=1S/C36H21NS2/c1-2-10-24(11-3-1)37-29-15-7-6-13-27(29)36-35(37)34-26(14-8-16-30(34)39-36)23-17-19-28-32(21-23)38-31-20-18-22-9-4-5-12-25(22)33(28)31/h1-21H. The number of hydrogen-bond acceptors (Lipinski definition) is 2. The van der Waals surface area contributed by atoms with Gasteiger partial charge in [-0.3, -0.25) is 0 Å². The van der Waals surface area contributed by atoms with Crippen LogP contribution in [-0.2, 0) is 0 Å². The Labute approximate surface area is 232 Å². The number of hydrogen-bond donors (Lipinski definition) is 0. The predicted octanol–water partition coefficient (Wildman–Crippen LogP) is 11.2. The van der Waals surface area contributed by atoms with Gasteiger partial charge < -0.3 is 4.57 Å². The van der Waals surface area contributed by atoms with Gasteiger partial charge in [0.05, 0.1) is 15.7 Å². The Balaban J connectivity index is 1.37. The van der Waals surface area contributed by atoms with Crippen LogP contribution in [-0.4, -0.2) is 4.57 Å². The van der Waals surface area contributed by atoms with Crippen LogP contribution in [0.4, 0.5) is 0 Å². The molecule has 0 N–H and O–H groups in total. The smallest absolute Gasteiger partial charge is 0.0734 e. The van der Waals surface area contributed by atoms with E-state index in [4.69, 9.17) is 0 Å². The van der Waals surface area contributed by atoms with E-state index in [9.17, 15) is 0 Å². The Morgan fingerprint density at radius 3 is 2.21 bits per heavy atom. The number of nitrogens with zero attached hydrogens (tertiary/aromatic N) is 1. The van der Waals surface area contributed by atoms with Crippen LogP contribution in [0.15, 0.2) is 127 Å². The summed E-state index contributed by atoms with van der Waals surface area (Å²) in [5.74, 6) is 0. The van der Waals surface area contributed by atoms with Crippen molar-refractivity contribution in [3.8, 4) is 16.8 Å². The van der Waals surface area contributed by atoms with Crippen LogP contribution >= 0.6 is 22.7 Å². The van der Waals surface area contributed by atoms with Crippen molar-refractivity contribution >= 4 is 84.8 Å². The van der Waals surface area contributed by atoms with Crippen molar-refractivity contribution in [2.45, 2.75) is 0 Å². The SMILES string of the molecule is c1ccc(-n2c3ccccc3c3sc4cccc(-c5ccc6c(c5)sc5ccc7ccccc7c56)c4c32)cc1. The van der Waals surface area contributed by atoms with Crippen molar-refractivity contribution in [2.24, 2.45) is 0 Å². The van der Waals surface area contributed by atoms with Crippen LogP contribution in [0, 0.1) is 0 Å². The fourth-order valence-electron chi connectivity index (χ4n) is 6.31. The van der Waals surface area contributed by atoms with Crippen molar-refractivity contribution in [1.82, 2.24) is 4.57 Å². The van der Waals surface area contributed by atoms with E-state index in [1.807, 2.05) is 22.7 Å². The lowest BCUT2D eigenvalue weighted by atomic mass is 9.98. The maximum atomic E-state index is 2.46. The second-order valence-corrected chi connectivity index (χ2v) is 12.3. The molecule has 0 radical (unpaired) electrons.